The van der Waals surface area contributed by atoms with Crippen molar-refractivity contribution in [3.63, 3.8) is 0 Å². The first-order valence-electron chi connectivity index (χ1n) is 6.16. The van der Waals surface area contributed by atoms with E-state index in [1.165, 1.54) is 0 Å². The molecule has 0 aromatic heterocycles. The largest absolute Gasteiger partial charge is 0.376 e. The fourth-order valence-corrected chi connectivity index (χ4v) is 1.42. The lowest BCUT2D eigenvalue weighted by molar-refractivity contribution is -0.118. The molecule has 1 aromatic rings. The van der Waals surface area contributed by atoms with Crippen LogP contribution in [-0.4, -0.2) is 24.0 Å². The maximum absolute atomic E-state index is 11.6. The standard InChI is InChI=1S/C14H18N4O2/c1-14(2,3)18-13(20)17-12(19)9-16-11-6-4-5-10(7-11)8-15/h4-7,16H,9H2,1-3H3,(H2,17,18,19,20). The highest BCUT2D eigenvalue weighted by atomic mass is 16.2. The zero-order chi connectivity index (χ0) is 15.2. The molecule has 0 spiro atoms. The molecule has 0 aliphatic heterocycles. The van der Waals surface area contributed by atoms with E-state index in [0.29, 0.717) is 11.3 Å². The number of anilines is 1. The minimum Gasteiger partial charge on any atom is -0.376 e. The van der Waals surface area contributed by atoms with Crippen molar-refractivity contribution < 1.29 is 9.59 Å². The summed E-state index contributed by atoms with van der Waals surface area (Å²) in [6, 6.07) is 8.22. The molecule has 0 aliphatic rings. The lowest BCUT2D eigenvalue weighted by Crippen LogP contribution is -2.49. The molecular weight excluding hydrogens is 256 g/mol. The van der Waals surface area contributed by atoms with Gasteiger partial charge in [0.1, 0.15) is 0 Å². The Kier molecular flexibility index (Phi) is 5.09. The Bertz CT molecular complexity index is 541. The Hall–Kier alpha value is -2.55. The zero-order valence-electron chi connectivity index (χ0n) is 11.8. The molecule has 0 saturated heterocycles. The molecule has 1 aromatic carbocycles. The number of hydrogen-bond donors (Lipinski definition) is 3. The number of nitrogens with one attached hydrogen (secondary N) is 3. The molecular formula is C14H18N4O2. The van der Waals surface area contributed by atoms with Gasteiger partial charge in [-0.05, 0) is 39.0 Å². The Morgan fingerprint density at radius 1 is 1.30 bits per heavy atom. The molecule has 0 fully saturated rings. The van der Waals surface area contributed by atoms with E-state index < -0.39 is 17.5 Å². The van der Waals surface area contributed by atoms with E-state index in [2.05, 4.69) is 16.0 Å². The molecule has 0 aliphatic carbocycles. The lowest BCUT2D eigenvalue weighted by Gasteiger charge is -2.20. The second-order valence-corrected chi connectivity index (χ2v) is 5.30. The molecule has 0 saturated carbocycles. The Labute approximate surface area is 118 Å². The summed E-state index contributed by atoms with van der Waals surface area (Å²) < 4.78 is 0. The highest BCUT2D eigenvalue weighted by molar-refractivity contribution is 5.96. The maximum atomic E-state index is 11.6. The summed E-state index contributed by atoms with van der Waals surface area (Å²) in [6.45, 7) is 5.42. The quantitative estimate of drug-likeness (QED) is 0.780. The number of amides is 3. The van der Waals surface area contributed by atoms with Gasteiger partial charge in [0.05, 0.1) is 18.2 Å². The van der Waals surface area contributed by atoms with Crippen LogP contribution in [0.25, 0.3) is 0 Å². The average molecular weight is 274 g/mol. The molecule has 0 unspecified atom stereocenters. The van der Waals surface area contributed by atoms with Crippen molar-refractivity contribution in [1.82, 2.24) is 10.6 Å². The van der Waals surface area contributed by atoms with E-state index >= 15 is 0 Å². The van der Waals surface area contributed by atoms with Gasteiger partial charge in [0.25, 0.3) is 0 Å². The third-order valence-electron chi connectivity index (χ3n) is 2.19. The van der Waals surface area contributed by atoms with Gasteiger partial charge in [-0.2, -0.15) is 5.26 Å². The van der Waals surface area contributed by atoms with Crippen LogP contribution < -0.4 is 16.0 Å². The average Bonchev–Trinajstić information content (AvgIpc) is 2.34. The van der Waals surface area contributed by atoms with E-state index in [1.807, 2.05) is 26.8 Å². The monoisotopic (exact) mass is 274 g/mol. The van der Waals surface area contributed by atoms with Crippen LogP contribution in [0, 0.1) is 11.3 Å². The number of benzene rings is 1. The summed E-state index contributed by atoms with van der Waals surface area (Å²) >= 11 is 0. The van der Waals surface area contributed by atoms with Gasteiger partial charge in [-0.25, -0.2) is 4.79 Å². The van der Waals surface area contributed by atoms with E-state index in [-0.39, 0.29) is 6.54 Å². The van der Waals surface area contributed by atoms with Crippen LogP contribution in [0.2, 0.25) is 0 Å². The Morgan fingerprint density at radius 3 is 2.60 bits per heavy atom. The summed E-state index contributed by atoms with van der Waals surface area (Å²) in [6.07, 6.45) is 0. The Morgan fingerprint density at radius 2 is 2.00 bits per heavy atom. The summed E-state index contributed by atoms with van der Waals surface area (Å²) in [4.78, 5) is 23.0. The molecule has 6 heteroatoms. The number of imide groups is 1. The van der Waals surface area contributed by atoms with Gasteiger partial charge in [0.2, 0.25) is 5.91 Å². The number of carbonyl (C=O) groups excluding carboxylic acids is 2. The van der Waals surface area contributed by atoms with Crippen LogP contribution in [0.5, 0.6) is 0 Å². The van der Waals surface area contributed by atoms with E-state index in [9.17, 15) is 9.59 Å². The third kappa shape index (κ3) is 5.87. The summed E-state index contributed by atoms with van der Waals surface area (Å²) in [5.74, 6) is -0.450. The van der Waals surface area contributed by atoms with Crippen LogP contribution >= 0.6 is 0 Å². The third-order valence-corrected chi connectivity index (χ3v) is 2.19. The van der Waals surface area contributed by atoms with Crippen LogP contribution in [0.15, 0.2) is 24.3 Å². The number of nitriles is 1. The molecule has 3 amide bonds. The van der Waals surface area contributed by atoms with Gasteiger partial charge in [-0.15, -0.1) is 0 Å². The predicted octanol–water partition coefficient (Wildman–Crippen LogP) is 1.59. The smallest absolute Gasteiger partial charge is 0.321 e. The number of rotatable bonds is 3. The van der Waals surface area contributed by atoms with Crippen molar-refractivity contribution >= 4 is 17.6 Å². The molecule has 20 heavy (non-hydrogen) atoms. The molecule has 0 bridgehead atoms. The summed E-state index contributed by atoms with van der Waals surface area (Å²) in [5.41, 5.74) is 0.746. The molecule has 0 heterocycles. The zero-order valence-corrected chi connectivity index (χ0v) is 11.8. The highest BCUT2D eigenvalue weighted by Gasteiger charge is 2.15. The number of nitrogens with zero attached hydrogens (tertiary/aromatic N) is 1. The van der Waals surface area contributed by atoms with Crippen LogP contribution in [0.3, 0.4) is 0 Å². The summed E-state index contributed by atoms with van der Waals surface area (Å²) in [5, 5.41) is 16.4. The minimum atomic E-state index is -0.532. The molecule has 0 atom stereocenters. The second-order valence-electron chi connectivity index (χ2n) is 5.30. The number of hydrogen-bond acceptors (Lipinski definition) is 4. The van der Waals surface area contributed by atoms with Crippen molar-refractivity contribution in [2.75, 3.05) is 11.9 Å². The Balaban J connectivity index is 2.44. The van der Waals surface area contributed by atoms with Crippen LogP contribution in [-0.2, 0) is 4.79 Å². The van der Waals surface area contributed by atoms with Gasteiger partial charge in [-0.1, -0.05) is 6.07 Å². The molecule has 1 rings (SSSR count). The van der Waals surface area contributed by atoms with Crippen molar-refractivity contribution in [2.45, 2.75) is 26.3 Å². The fraction of sp³-hybridized carbons (Fsp3) is 0.357. The number of urea groups is 1. The van der Waals surface area contributed by atoms with Gasteiger partial charge in [0.15, 0.2) is 0 Å². The van der Waals surface area contributed by atoms with Gasteiger partial charge < -0.3 is 10.6 Å². The molecule has 0 radical (unpaired) electrons. The van der Waals surface area contributed by atoms with Crippen molar-refractivity contribution in [2.24, 2.45) is 0 Å². The van der Waals surface area contributed by atoms with Crippen LogP contribution in [0.4, 0.5) is 10.5 Å². The predicted molar refractivity (Wildman–Crippen MR) is 76.1 cm³/mol. The topological polar surface area (TPSA) is 94.0 Å². The number of carbonyl (C=O) groups is 2. The summed E-state index contributed by atoms with van der Waals surface area (Å²) in [7, 11) is 0. The molecule has 6 nitrogen and oxygen atoms in total. The minimum absolute atomic E-state index is 0.0492. The van der Waals surface area contributed by atoms with Gasteiger partial charge in [0, 0.05) is 11.2 Å². The molecule has 106 valence electrons. The van der Waals surface area contributed by atoms with E-state index in [1.54, 1.807) is 24.3 Å². The van der Waals surface area contributed by atoms with E-state index in [0.717, 1.165) is 0 Å². The first-order valence-corrected chi connectivity index (χ1v) is 6.16. The highest BCUT2D eigenvalue weighted by Crippen LogP contribution is 2.08. The lowest BCUT2D eigenvalue weighted by atomic mass is 10.1. The molecule has 3 N–H and O–H groups in total. The van der Waals surface area contributed by atoms with Crippen molar-refractivity contribution in [3.8, 4) is 6.07 Å². The van der Waals surface area contributed by atoms with Gasteiger partial charge in [-0.3, -0.25) is 10.1 Å². The maximum Gasteiger partial charge on any atom is 0.321 e. The first kappa shape index (κ1) is 15.5. The van der Waals surface area contributed by atoms with E-state index in [4.69, 9.17) is 5.26 Å². The fourth-order valence-electron chi connectivity index (χ4n) is 1.42. The van der Waals surface area contributed by atoms with Crippen molar-refractivity contribution in [3.05, 3.63) is 29.8 Å². The normalized spacial score (nSPS) is 10.3. The van der Waals surface area contributed by atoms with Crippen LogP contribution in [0.1, 0.15) is 26.3 Å². The van der Waals surface area contributed by atoms with Gasteiger partial charge >= 0.3 is 6.03 Å². The SMILES string of the molecule is CC(C)(C)NC(=O)NC(=O)CNc1cccc(C#N)c1. The second kappa shape index (κ2) is 6.57. The van der Waals surface area contributed by atoms with Crippen molar-refractivity contribution in [1.29, 1.82) is 5.26 Å². The first-order chi connectivity index (χ1) is 9.30.